The van der Waals surface area contributed by atoms with E-state index in [0.29, 0.717) is 12.1 Å². The standard InChI is InChI=1S/2C52H32N2S2/c2*1-3-13-35(14-4-1)53(45-21-11-19-39-37-17-7-9-23-47(37)55-51(39)45)43-31-27-33-26-30-42-44(32-28-34-25-29-41(43)49(33)50(34)42)54(36-15-5-2-6-16-36)46-22-12-20-40-38-18-8-10-24-48(38)56-52(40)46/h2*1-32H/i1D,2D;. The normalized spacial score (nSPS) is 12.2. The Bertz CT molecular complexity index is 7460. The smallest absolute Gasteiger partial charge is 0.0640 e. The summed E-state index contributed by atoms with van der Waals surface area (Å²) in [7, 11) is 0. The molecule has 24 aromatic rings. The van der Waals surface area contributed by atoms with E-state index in [4.69, 9.17) is 2.74 Å². The Kier molecular flexibility index (Phi) is 14.6. The Hall–Kier alpha value is -13.4. The summed E-state index contributed by atoms with van der Waals surface area (Å²) in [6, 6.07) is 137. The van der Waals surface area contributed by atoms with Crippen molar-refractivity contribution in [2.75, 3.05) is 19.6 Å². The Morgan fingerprint density at radius 2 is 0.375 bits per heavy atom. The maximum atomic E-state index is 8.35. The summed E-state index contributed by atoms with van der Waals surface area (Å²) in [5, 5.41) is 24.9. The van der Waals surface area contributed by atoms with Gasteiger partial charge in [0.05, 0.1) is 67.0 Å². The van der Waals surface area contributed by atoms with Crippen LogP contribution in [-0.2, 0) is 0 Å². The van der Waals surface area contributed by atoms with Gasteiger partial charge >= 0.3 is 0 Å². The number of benzene rings is 20. The average molecular weight is 1500 g/mol. The SMILES string of the molecule is [2H]c1ccc(N(c2ccc3ccc4c(N(c5ccc([2H])cc5)c5cccc6c5sc5ccccc56)ccc5ccc2c3c54)c2cccc3c2sc2ccccc23)cc1.c1ccc(N(c2ccc3ccc4c(N(c5ccccc5)c5cccc6c5sc5ccccc56)ccc5ccc2c3c54)c2cccc3c2sc2ccccc23)cc1. The number of anilines is 12. The number of nitrogens with zero attached hydrogens (tertiary/aromatic N) is 4. The van der Waals surface area contributed by atoms with E-state index in [-0.39, 0.29) is 0 Å². The molecule has 0 aliphatic carbocycles. The highest BCUT2D eigenvalue weighted by Crippen LogP contribution is 2.55. The second-order valence-corrected chi connectivity index (χ2v) is 32.9. The van der Waals surface area contributed by atoms with Crippen molar-refractivity contribution in [1.29, 1.82) is 0 Å². The van der Waals surface area contributed by atoms with E-state index in [1.165, 1.54) is 157 Å². The molecule has 0 aliphatic rings. The zero-order chi connectivity index (χ0) is 75.2. The quantitative estimate of drug-likeness (QED) is 0.113. The van der Waals surface area contributed by atoms with Crippen molar-refractivity contribution in [3.05, 3.63) is 388 Å². The number of hydrogen-bond donors (Lipinski definition) is 0. The molecule has 0 N–H and O–H groups in total. The highest BCUT2D eigenvalue weighted by Gasteiger charge is 2.28. The molecule has 0 aliphatic heterocycles. The van der Waals surface area contributed by atoms with Gasteiger partial charge in [0.1, 0.15) is 0 Å². The predicted molar refractivity (Wildman–Crippen MR) is 491 cm³/mol. The third kappa shape index (κ3) is 10.2. The minimum atomic E-state index is 0.486. The fourth-order valence-electron chi connectivity index (χ4n) is 17.8. The van der Waals surface area contributed by atoms with E-state index < -0.39 is 0 Å². The monoisotopic (exact) mass is 1500 g/mol. The third-order valence-corrected chi connectivity index (χ3v) is 27.5. The molecule has 524 valence electrons. The van der Waals surface area contributed by atoms with Crippen LogP contribution >= 0.6 is 45.3 Å². The van der Waals surface area contributed by atoms with Gasteiger partial charge in [-0.15, -0.1) is 45.3 Å². The van der Waals surface area contributed by atoms with Crippen LogP contribution in [0.5, 0.6) is 0 Å². The molecule has 0 fully saturated rings. The molecule has 4 nitrogen and oxygen atoms in total. The van der Waals surface area contributed by atoms with Crippen LogP contribution in [0, 0.1) is 0 Å². The number of para-hydroxylation sites is 4. The Morgan fingerprint density at radius 1 is 0.161 bits per heavy atom. The fraction of sp³-hybridized carbons (Fsp3) is 0. The summed E-state index contributed by atoms with van der Waals surface area (Å²) >= 11 is 7.41. The molecule has 0 atom stereocenters. The van der Waals surface area contributed by atoms with Crippen LogP contribution < -0.4 is 19.6 Å². The van der Waals surface area contributed by atoms with E-state index in [1.54, 1.807) is 0 Å². The van der Waals surface area contributed by atoms with Crippen LogP contribution in [0.4, 0.5) is 68.2 Å². The molecule has 24 rings (SSSR count). The van der Waals surface area contributed by atoms with E-state index in [1.807, 2.05) is 69.6 Å². The number of rotatable bonds is 12. The van der Waals surface area contributed by atoms with Gasteiger partial charge in [-0.1, -0.05) is 267 Å². The molecule has 0 unspecified atom stereocenters. The molecule has 0 spiro atoms. The maximum Gasteiger partial charge on any atom is 0.0640 e. The van der Waals surface area contributed by atoms with Crippen LogP contribution in [-0.4, -0.2) is 0 Å². The van der Waals surface area contributed by atoms with Gasteiger partial charge < -0.3 is 19.6 Å². The summed E-state index contributed by atoms with van der Waals surface area (Å²) in [6.07, 6.45) is 0. The van der Waals surface area contributed by atoms with Crippen molar-refractivity contribution in [2.24, 2.45) is 0 Å². The van der Waals surface area contributed by atoms with Crippen LogP contribution in [0.1, 0.15) is 2.74 Å². The van der Waals surface area contributed by atoms with Crippen molar-refractivity contribution in [1.82, 2.24) is 0 Å². The lowest BCUT2D eigenvalue weighted by Gasteiger charge is -2.29. The number of thiophene rings is 4. The highest BCUT2D eigenvalue weighted by atomic mass is 32.1. The topological polar surface area (TPSA) is 13.0 Å². The summed E-state index contributed by atoms with van der Waals surface area (Å²) in [5.41, 5.74) is 13.4. The van der Waals surface area contributed by atoms with Crippen LogP contribution in [0.3, 0.4) is 0 Å². The van der Waals surface area contributed by atoms with Gasteiger partial charge in [0, 0.05) is 106 Å². The van der Waals surface area contributed by atoms with Gasteiger partial charge in [-0.25, -0.2) is 0 Å². The van der Waals surface area contributed by atoms with Gasteiger partial charge in [0.2, 0.25) is 0 Å². The van der Waals surface area contributed by atoms with Gasteiger partial charge in [-0.2, -0.15) is 0 Å². The van der Waals surface area contributed by atoms with Gasteiger partial charge in [0.25, 0.3) is 0 Å². The van der Waals surface area contributed by atoms with Gasteiger partial charge in [-0.05, 0) is 164 Å². The number of fused-ring (bicyclic) bond motifs is 12. The lowest BCUT2D eigenvalue weighted by Crippen LogP contribution is -2.11. The molecule has 4 aromatic heterocycles. The van der Waals surface area contributed by atoms with Crippen molar-refractivity contribution in [3.63, 3.8) is 0 Å². The third-order valence-electron chi connectivity index (χ3n) is 22.6. The lowest BCUT2D eigenvalue weighted by atomic mass is 9.91. The Balaban J connectivity index is 0.000000135. The average Bonchev–Trinajstić information content (AvgIpc) is 0.862. The van der Waals surface area contributed by atoms with E-state index in [2.05, 4.69) is 371 Å². The van der Waals surface area contributed by atoms with Crippen molar-refractivity contribution in [3.8, 4) is 0 Å². The Labute approximate surface area is 664 Å². The molecule has 0 amide bonds. The lowest BCUT2D eigenvalue weighted by molar-refractivity contribution is 1.32. The highest BCUT2D eigenvalue weighted by molar-refractivity contribution is 7.27. The summed E-state index contributed by atoms with van der Waals surface area (Å²) in [4.78, 5) is 9.73. The molecule has 112 heavy (non-hydrogen) atoms. The van der Waals surface area contributed by atoms with Crippen LogP contribution in [0.25, 0.3) is 145 Å². The molecule has 4 heterocycles. The molecule has 0 bridgehead atoms. The second-order valence-electron chi connectivity index (χ2n) is 28.7. The van der Waals surface area contributed by atoms with Crippen LogP contribution in [0.2, 0.25) is 0 Å². The molecule has 0 radical (unpaired) electrons. The number of hydrogen-bond acceptors (Lipinski definition) is 8. The first-order valence-corrected chi connectivity index (χ1v) is 41.1. The second kappa shape index (κ2) is 26.1. The molecule has 20 aromatic carbocycles. The molecular weight excluding hydrogens is 1430 g/mol. The molecule has 8 heteroatoms. The Morgan fingerprint density at radius 3 is 0.634 bits per heavy atom. The van der Waals surface area contributed by atoms with Crippen molar-refractivity contribution >= 4 is 259 Å². The van der Waals surface area contributed by atoms with Crippen molar-refractivity contribution in [2.45, 2.75) is 0 Å². The van der Waals surface area contributed by atoms with Gasteiger partial charge in [-0.3, -0.25) is 0 Å². The summed E-state index contributed by atoms with van der Waals surface area (Å²) in [6.45, 7) is 0. The van der Waals surface area contributed by atoms with Gasteiger partial charge in [0.15, 0.2) is 0 Å². The summed E-state index contributed by atoms with van der Waals surface area (Å²) < 4.78 is 26.9. The first kappa shape index (κ1) is 62.5. The fourth-order valence-corrected chi connectivity index (χ4v) is 22.6. The minimum absolute atomic E-state index is 0.486. The minimum Gasteiger partial charge on any atom is -0.308 e. The van der Waals surface area contributed by atoms with Crippen molar-refractivity contribution < 1.29 is 2.74 Å². The van der Waals surface area contributed by atoms with Crippen LogP contribution in [0.15, 0.2) is 388 Å². The zero-order valence-corrected chi connectivity index (χ0v) is 63.5. The van der Waals surface area contributed by atoms with E-state index in [0.717, 1.165) is 56.3 Å². The molecular formula is C104H64N4S4. The molecule has 0 saturated carbocycles. The maximum absolute atomic E-state index is 8.35. The summed E-state index contributed by atoms with van der Waals surface area (Å²) in [5.74, 6) is 0. The predicted octanol–water partition coefficient (Wildman–Crippen LogP) is 32.5. The first-order chi connectivity index (χ1) is 56.4. The molecule has 0 saturated heterocycles. The van der Waals surface area contributed by atoms with E-state index >= 15 is 0 Å². The van der Waals surface area contributed by atoms with E-state index in [9.17, 15) is 0 Å². The zero-order valence-electron chi connectivity index (χ0n) is 62.2. The largest absolute Gasteiger partial charge is 0.308 e. The first-order valence-electron chi connectivity index (χ1n) is 38.9.